The third-order valence-corrected chi connectivity index (χ3v) is 5.06. The molecule has 0 saturated carbocycles. The van der Waals surface area contributed by atoms with E-state index in [2.05, 4.69) is 20.5 Å². The number of nitrogens with zero attached hydrogens (tertiary/aromatic N) is 3. The van der Waals surface area contributed by atoms with Crippen LogP contribution in [0.4, 0.5) is 18.3 Å². The smallest absolute Gasteiger partial charge is 0.301 e. The summed E-state index contributed by atoms with van der Waals surface area (Å²) in [6.07, 6.45) is -1.28. The molecule has 0 aromatic carbocycles. The summed E-state index contributed by atoms with van der Waals surface area (Å²) in [7, 11) is 0. The Hall–Kier alpha value is -1.94. The number of thiazole rings is 1. The van der Waals surface area contributed by atoms with Crippen LogP contribution >= 0.6 is 11.3 Å². The summed E-state index contributed by atoms with van der Waals surface area (Å²) in [4.78, 5) is 18.3. The topological polar surface area (TPSA) is 73.9 Å². The zero-order valence-corrected chi connectivity index (χ0v) is 14.3. The van der Waals surface area contributed by atoms with Gasteiger partial charge in [-0.3, -0.25) is 14.8 Å². The Bertz CT molecular complexity index is 715. The van der Waals surface area contributed by atoms with Crippen molar-refractivity contribution in [3.05, 3.63) is 29.0 Å². The fourth-order valence-electron chi connectivity index (χ4n) is 2.96. The normalized spacial score (nSPS) is 20.4. The molecule has 1 aliphatic heterocycles. The maximum atomic E-state index is 12.7. The number of hydrogen-bond acceptors (Lipinski definition) is 5. The Balaban J connectivity index is 1.64. The summed E-state index contributed by atoms with van der Waals surface area (Å²) in [5.74, 6) is -0.274. The van der Waals surface area contributed by atoms with Crippen LogP contribution in [0.3, 0.4) is 0 Å². The maximum absolute atomic E-state index is 12.7. The zero-order chi connectivity index (χ0) is 18.0. The number of halogens is 3. The highest BCUT2D eigenvalue weighted by molar-refractivity contribution is 7.13. The highest BCUT2D eigenvalue weighted by Gasteiger charge is 2.35. The number of hydrogen-bond donors (Lipinski definition) is 2. The van der Waals surface area contributed by atoms with E-state index in [4.69, 9.17) is 0 Å². The van der Waals surface area contributed by atoms with Crippen LogP contribution in [0.25, 0.3) is 0 Å². The highest BCUT2D eigenvalue weighted by atomic mass is 32.1. The van der Waals surface area contributed by atoms with Gasteiger partial charge < -0.3 is 5.32 Å². The summed E-state index contributed by atoms with van der Waals surface area (Å²) in [5.41, 5.74) is -0.446. The molecule has 0 aliphatic carbocycles. The monoisotopic (exact) mass is 373 g/mol. The molecule has 1 amide bonds. The lowest BCUT2D eigenvalue weighted by Crippen LogP contribution is -2.46. The molecule has 2 atom stereocenters. The predicted octanol–water partition coefficient (Wildman–Crippen LogP) is 3.09. The number of alkyl halides is 3. The van der Waals surface area contributed by atoms with Gasteiger partial charge in [0.05, 0.1) is 6.04 Å². The lowest BCUT2D eigenvalue weighted by Gasteiger charge is -2.35. The van der Waals surface area contributed by atoms with Gasteiger partial charge in [-0.15, -0.1) is 11.3 Å². The molecular formula is C15H18F3N5OS. The van der Waals surface area contributed by atoms with Gasteiger partial charge in [0.25, 0.3) is 0 Å². The van der Waals surface area contributed by atoms with Crippen LogP contribution in [-0.4, -0.2) is 45.1 Å². The summed E-state index contributed by atoms with van der Waals surface area (Å²) < 4.78 is 38.1. The second-order valence-corrected chi connectivity index (χ2v) is 6.94. The first-order chi connectivity index (χ1) is 11.8. The Labute approximate surface area is 146 Å². The number of rotatable bonds is 4. The van der Waals surface area contributed by atoms with E-state index in [0.717, 1.165) is 25.5 Å². The molecule has 25 heavy (non-hydrogen) atoms. The van der Waals surface area contributed by atoms with E-state index in [-0.39, 0.29) is 11.8 Å². The van der Waals surface area contributed by atoms with Gasteiger partial charge >= 0.3 is 6.18 Å². The summed E-state index contributed by atoms with van der Waals surface area (Å²) >= 11 is 1.34. The van der Waals surface area contributed by atoms with E-state index in [0.29, 0.717) is 17.4 Å². The molecule has 3 rings (SSSR count). The number of H-pyrrole nitrogens is 1. The lowest BCUT2D eigenvalue weighted by atomic mass is 9.93. The van der Waals surface area contributed by atoms with Crippen LogP contribution in [0.15, 0.2) is 17.6 Å². The largest absolute Gasteiger partial charge is 0.435 e. The fourth-order valence-corrected chi connectivity index (χ4v) is 3.50. The van der Waals surface area contributed by atoms with Gasteiger partial charge in [-0.1, -0.05) is 0 Å². The van der Waals surface area contributed by atoms with Crippen LogP contribution in [0.2, 0.25) is 0 Å². The third kappa shape index (κ3) is 4.18. The SMILES string of the molecule is CC(C(=O)Nc1nccs1)N1CCCC(c2cc(C(F)(F)F)n[nH]2)C1. The number of carbonyl (C=O) groups is 1. The number of likely N-dealkylation sites (tertiary alicyclic amines) is 1. The number of aromatic nitrogens is 3. The predicted molar refractivity (Wildman–Crippen MR) is 87.3 cm³/mol. The van der Waals surface area contributed by atoms with Crippen molar-refractivity contribution >= 4 is 22.4 Å². The average molecular weight is 373 g/mol. The van der Waals surface area contributed by atoms with Crippen molar-refractivity contribution in [1.29, 1.82) is 0 Å². The average Bonchev–Trinajstić information content (AvgIpc) is 3.25. The van der Waals surface area contributed by atoms with Gasteiger partial charge in [-0.05, 0) is 32.4 Å². The van der Waals surface area contributed by atoms with Crippen LogP contribution < -0.4 is 5.32 Å². The second kappa shape index (κ2) is 7.12. The molecule has 0 spiro atoms. The van der Waals surface area contributed by atoms with Gasteiger partial charge in [0.2, 0.25) is 5.91 Å². The van der Waals surface area contributed by atoms with Crippen LogP contribution in [0.5, 0.6) is 0 Å². The second-order valence-electron chi connectivity index (χ2n) is 6.04. The summed E-state index contributed by atoms with van der Waals surface area (Å²) in [5, 5.41) is 10.9. The van der Waals surface area contributed by atoms with E-state index >= 15 is 0 Å². The molecule has 0 radical (unpaired) electrons. The fraction of sp³-hybridized carbons (Fsp3) is 0.533. The molecule has 1 saturated heterocycles. The molecule has 136 valence electrons. The van der Waals surface area contributed by atoms with E-state index in [1.807, 2.05) is 4.90 Å². The first kappa shape index (κ1) is 17.9. The number of piperidine rings is 1. The molecule has 10 heteroatoms. The Morgan fingerprint density at radius 3 is 2.96 bits per heavy atom. The Morgan fingerprint density at radius 2 is 2.32 bits per heavy atom. The van der Waals surface area contributed by atoms with E-state index in [1.54, 1.807) is 18.5 Å². The molecule has 0 bridgehead atoms. The van der Waals surface area contributed by atoms with Crippen LogP contribution in [0, 0.1) is 0 Å². The summed E-state index contributed by atoms with van der Waals surface area (Å²) in [6.45, 7) is 3.02. The minimum atomic E-state index is -4.45. The highest BCUT2D eigenvalue weighted by Crippen LogP contribution is 2.32. The third-order valence-electron chi connectivity index (χ3n) is 4.37. The zero-order valence-electron chi connectivity index (χ0n) is 13.5. The van der Waals surface area contributed by atoms with Crippen LogP contribution in [-0.2, 0) is 11.0 Å². The van der Waals surface area contributed by atoms with Gasteiger partial charge in [0.15, 0.2) is 10.8 Å². The molecule has 2 N–H and O–H groups in total. The van der Waals surface area contributed by atoms with E-state index in [9.17, 15) is 18.0 Å². The van der Waals surface area contributed by atoms with Gasteiger partial charge in [0.1, 0.15) is 0 Å². The van der Waals surface area contributed by atoms with E-state index < -0.39 is 17.9 Å². The first-order valence-electron chi connectivity index (χ1n) is 7.91. The van der Waals surface area contributed by atoms with Crippen molar-refractivity contribution in [2.45, 2.75) is 37.9 Å². The van der Waals surface area contributed by atoms with Crippen molar-refractivity contribution < 1.29 is 18.0 Å². The standard InChI is InChI=1S/C15H18F3N5OS/c1-9(13(24)20-14-19-4-6-25-14)23-5-2-3-10(8-23)11-7-12(22-21-11)15(16,17)18/h4,6-7,9-10H,2-3,5,8H2,1H3,(H,21,22)(H,19,20,24). The quantitative estimate of drug-likeness (QED) is 0.864. The molecule has 6 nitrogen and oxygen atoms in total. The van der Waals surface area contributed by atoms with Crippen molar-refractivity contribution in [2.75, 3.05) is 18.4 Å². The number of amides is 1. The minimum absolute atomic E-state index is 0.104. The van der Waals surface area contributed by atoms with Crippen LogP contribution in [0.1, 0.15) is 37.1 Å². The van der Waals surface area contributed by atoms with Crippen molar-refractivity contribution in [3.8, 4) is 0 Å². The molecule has 1 aliphatic rings. The van der Waals surface area contributed by atoms with Crippen molar-refractivity contribution in [2.24, 2.45) is 0 Å². The number of carbonyl (C=O) groups excluding carboxylic acids is 1. The molecule has 3 heterocycles. The number of aromatic amines is 1. The van der Waals surface area contributed by atoms with Crippen molar-refractivity contribution in [3.63, 3.8) is 0 Å². The van der Waals surface area contributed by atoms with Gasteiger partial charge in [0, 0.05) is 29.7 Å². The lowest BCUT2D eigenvalue weighted by molar-refractivity contribution is -0.141. The molecular weight excluding hydrogens is 355 g/mol. The molecule has 2 aromatic heterocycles. The van der Waals surface area contributed by atoms with Gasteiger partial charge in [-0.2, -0.15) is 18.3 Å². The van der Waals surface area contributed by atoms with E-state index in [1.165, 1.54) is 11.3 Å². The molecule has 2 aromatic rings. The first-order valence-corrected chi connectivity index (χ1v) is 8.79. The Kier molecular flexibility index (Phi) is 5.09. The molecule has 2 unspecified atom stereocenters. The number of anilines is 1. The molecule has 1 fully saturated rings. The summed E-state index contributed by atoms with van der Waals surface area (Å²) in [6, 6.07) is 0.672. The minimum Gasteiger partial charge on any atom is -0.301 e. The number of nitrogens with one attached hydrogen (secondary N) is 2. The Morgan fingerprint density at radius 1 is 1.52 bits per heavy atom. The maximum Gasteiger partial charge on any atom is 0.435 e. The van der Waals surface area contributed by atoms with Crippen molar-refractivity contribution in [1.82, 2.24) is 20.1 Å². The van der Waals surface area contributed by atoms with Gasteiger partial charge in [-0.25, -0.2) is 4.98 Å².